The molecule has 0 heterocycles. The average molecular weight is 445 g/mol. The predicted octanol–water partition coefficient (Wildman–Crippen LogP) is 8.91. The molecule has 0 bridgehead atoms. The van der Waals surface area contributed by atoms with Crippen LogP contribution in [0.25, 0.3) is 0 Å². The largest absolute Gasteiger partial charge is 0.494 e. The highest BCUT2D eigenvalue weighted by Crippen LogP contribution is 2.38. The summed E-state index contributed by atoms with van der Waals surface area (Å²) in [5.74, 6) is 2.08. The normalized spacial score (nSPS) is 18.5. The molecule has 0 amide bonds. The molecule has 0 unspecified atom stereocenters. The van der Waals surface area contributed by atoms with Crippen molar-refractivity contribution in [2.45, 2.75) is 128 Å². The van der Waals surface area contributed by atoms with Gasteiger partial charge in [-0.2, -0.15) is 0 Å². The van der Waals surface area contributed by atoms with Gasteiger partial charge in [0.2, 0.25) is 0 Å². The molecule has 32 heavy (non-hydrogen) atoms. The second-order valence-corrected chi connectivity index (χ2v) is 9.96. The topological polar surface area (TPSA) is 46.5 Å². The van der Waals surface area contributed by atoms with E-state index in [0.717, 1.165) is 43.5 Å². The third kappa shape index (κ3) is 11.9. The van der Waals surface area contributed by atoms with Crippen molar-refractivity contribution < 1.29 is 14.6 Å². The summed E-state index contributed by atoms with van der Waals surface area (Å²) in [6, 6.07) is 8.95. The molecule has 0 aliphatic heterocycles. The number of benzene rings is 1. The maximum absolute atomic E-state index is 10.5. The van der Waals surface area contributed by atoms with Gasteiger partial charge >= 0.3 is 5.97 Å². The first-order chi connectivity index (χ1) is 15.7. The molecule has 1 aromatic carbocycles. The van der Waals surface area contributed by atoms with Gasteiger partial charge in [-0.25, -0.2) is 0 Å². The van der Waals surface area contributed by atoms with E-state index in [9.17, 15) is 4.79 Å². The van der Waals surface area contributed by atoms with Gasteiger partial charge in [-0.1, -0.05) is 89.7 Å². The fraction of sp³-hybridized carbons (Fsp3) is 0.759. The fourth-order valence-electron chi connectivity index (χ4n) is 5.11. The highest BCUT2D eigenvalue weighted by Gasteiger charge is 2.22. The van der Waals surface area contributed by atoms with Crippen molar-refractivity contribution in [1.29, 1.82) is 0 Å². The fourth-order valence-corrected chi connectivity index (χ4v) is 5.11. The highest BCUT2D eigenvalue weighted by molar-refractivity contribution is 5.66. The van der Waals surface area contributed by atoms with Gasteiger partial charge in [0.25, 0.3) is 0 Å². The summed E-state index contributed by atoms with van der Waals surface area (Å²) in [6.07, 6.45) is 22.0. The molecule has 0 spiro atoms. The summed E-state index contributed by atoms with van der Waals surface area (Å²) in [5, 5.41) is 8.62. The van der Waals surface area contributed by atoms with Crippen LogP contribution in [0.4, 0.5) is 0 Å². The van der Waals surface area contributed by atoms with Gasteiger partial charge in [0.15, 0.2) is 0 Å². The highest BCUT2D eigenvalue weighted by atomic mass is 16.5. The van der Waals surface area contributed by atoms with Crippen molar-refractivity contribution in [2.75, 3.05) is 6.61 Å². The minimum atomic E-state index is -0.668. The van der Waals surface area contributed by atoms with Crippen molar-refractivity contribution in [1.82, 2.24) is 0 Å². The number of ether oxygens (including phenoxy) is 1. The van der Waals surface area contributed by atoms with Crippen LogP contribution in [0.1, 0.15) is 134 Å². The summed E-state index contributed by atoms with van der Waals surface area (Å²) in [6.45, 7) is 3.11. The molecule has 2 rings (SSSR count). The molecular formula is C29H48O3. The molecule has 0 saturated heterocycles. The standard InChI is InChI=1S/C29H48O3/c1-2-3-11-14-25-16-18-26(19-17-25)27-20-22-28(23-21-27)32-24-13-10-8-6-4-5-7-9-12-15-29(30)31/h20-23,25-26H,2-19,24H2,1H3,(H,30,31)/t25-,26-. The Bertz CT molecular complexity index is 587. The van der Waals surface area contributed by atoms with Crippen LogP contribution in [0.3, 0.4) is 0 Å². The van der Waals surface area contributed by atoms with Crippen LogP contribution >= 0.6 is 0 Å². The van der Waals surface area contributed by atoms with E-state index in [0.29, 0.717) is 6.42 Å². The predicted molar refractivity (Wildman–Crippen MR) is 135 cm³/mol. The van der Waals surface area contributed by atoms with Gasteiger partial charge in [-0.15, -0.1) is 0 Å². The molecule has 3 nitrogen and oxygen atoms in total. The Morgan fingerprint density at radius 2 is 1.41 bits per heavy atom. The summed E-state index contributed by atoms with van der Waals surface area (Å²) < 4.78 is 5.96. The average Bonchev–Trinajstić information content (AvgIpc) is 2.81. The Morgan fingerprint density at radius 3 is 2.00 bits per heavy atom. The Labute approximate surface area is 197 Å². The molecule has 1 aliphatic carbocycles. The third-order valence-electron chi connectivity index (χ3n) is 7.22. The number of rotatable bonds is 18. The van der Waals surface area contributed by atoms with Crippen LogP contribution in [0, 0.1) is 5.92 Å². The molecular weight excluding hydrogens is 396 g/mol. The van der Waals surface area contributed by atoms with E-state index < -0.39 is 5.97 Å². The number of hydrogen-bond acceptors (Lipinski definition) is 2. The lowest BCUT2D eigenvalue weighted by atomic mass is 9.77. The second-order valence-electron chi connectivity index (χ2n) is 9.96. The maximum Gasteiger partial charge on any atom is 0.303 e. The number of carboxylic acid groups (broad SMARTS) is 1. The van der Waals surface area contributed by atoms with Gasteiger partial charge < -0.3 is 9.84 Å². The first-order valence-electron chi connectivity index (χ1n) is 13.6. The van der Waals surface area contributed by atoms with Crippen LogP contribution in [0.15, 0.2) is 24.3 Å². The van der Waals surface area contributed by atoms with Crippen LogP contribution in [-0.4, -0.2) is 17.7 Å². The number of hydrogen-bond donors (Lipinski definition) is 1. The minimum Gasteiger partial charge on any atom is -0.494 e. The molecule has 0 atom stereocenters. The van der Waals surface area contributed by atoms with Crippen molar-refractivity contribution in [3.63, 3.8) is 0 Å². The number of carbonyl (C=O) groups is 1. The molecule has 0 radical (unpaired) electrons. The maximum atomic E-state index is 10.5. The zero-order chi connectivity index (χ0) is 22.9. The van der Waals surface area contributed by atoms with Crippen LogP contribution in [0.2, 0.25) is 0 Å². The summed E-state index contributed by atoms with van der Waals surface area (Å²) in [7, 11) is 0. The van der Waals surface area contributed by atoms with E-state index in [1.165, 1.54) is 95.5 Å². The van der Waals surface area contributed by atoms with Gasteiger partial charge in [0, 0.05) is 6.42 Å². The quantitative estimate of drug-likeness (QED) is 0.230. The SMILES string of the molecule is CCCCC[C@H]1CC[C@H](c2ccc(OCCCCCCCCCCCC(=O)O)cc2)CC1. The molecule has 1 N–H and O–H groups in total. The van der Waals surface area contributed by atoms with Crippen LogP contribution in [-0.2, 0) is 4.79 Å². The second kappa shape index (κ2) is 17.0. The molecule has 0 aromatic heterocycles. The van der Waals surface area contributed by atoms with E-state index in [2.05, 4.69) is 31.2 Å². The zero-order valence-electron chi connectivity index (χ0n) is 20.7. The van der Waals surface area contributed by atoms with Crippen LogP contribution < -0.4 is 4.74 Å². The number of unbranched alkanes of at least 4 members (excludes halogenated alkanes) is 10. The van der Waals surface area contributed by atoms with Crippen LogP contribution in [0.5, 0.6) is 5.75 Å². The van der Waals surface area contributed by atoms with E-state index in [-0.39, 0.29) is 0 Å². The molecule has 1 aromatic rings. The zero-order valence-corrected chi connectivity index (χ0v) is 20.7. The monoisotopic (exact) mass is 444 g/mol. The number of carboxylic acids is 1. The number of aliphatic carboxylic acids is 1. The Kier molecular flexibility index (Phi) is 14.2. The van der Waals surface area contributed by atoms with Crippen molar-refractivity contribution in [3.8, 4) is 5.75 Å². The lowest BCUT2D eigenvalue weighted by Crippen LogP contribution is -2.13. The Morgan fingerprint density at radius 1 is 0.812 bits per heavy atom. The van der Waals surface area contributed by atoms with Gasteiger partial charge in [0.05, 0.1) is 6.61 Å². The van der Waals surface area contributed by atoms with Crippen molar-refractivity contribution >= 4 is 5.97 Å². The van der Waals surface area contributed by atoms with Gasteiger partial charge in [-0.05, 0) is 68.1 Å². The van der Waals surface area contributed by atoms with E-state index in [4.69, 9.17) is 9.84 Å². The van der Waals surface area contributed by atoms with Crippen molar-refractivity contribution in [2.24, 2.45) is 5.92 Å². The third-order valence-corrected chi connectivity index (χ3v) is 7.22. The summed E-state index contributed by atoms with van der Waals surface area (Å²) in [4.78, 5) is 10.5. The smallest absolute Gasteiger partial charge is 0.303 e. The lowest BCUT2D eigenvalue weighted by molar-refractivity contribution is -0.137. The molecule has 182 valence electrons. The Hall–Kier alpha value is -1.51. The molecule has 3 heteroatoms. The first kappa shape index (κ1) is 26.7. The lowest BCUT2D eigenvalue weighted by Gasteiger charge is -2.29. The summed E-state index contributed by atoms with van der Waals surface area (Å²) >= 11 is 0. The minimum absolute atomic E-state index is 0.322. The van der Waals surface area contributed by atoms with E-state index >= 15 is 0 Å². The molecule has 1 aliphatic rings. The van der Waals surface area contributed by atoms with Gasteiger partial charge in [0.1, 0.15) is 5.75 Å². The van der Waals surface area contributed by atoms with E-state index in [1.54, 1.807) is 0 Å². The van der Waals surface area contributed by atoms with Crippen molar-refractivity contribution in [3.05, 3.63) is 29.8 Å². The first-order valence-corrected chi connectivity index (χ1v) is 13.6. The van der Waals surface area contributed by atoms with Gasteiger partial charge in [-0.3, -0.25) is 4.79 Å². The molecule has 1 saturated carbocycles. The molecule has 1 fully saturated rings. The van der Waals surface area contributed by atoms with E-state index in [1.807, 2.05) is 0 Å². The Balaban J connectivity index is 1.46. The summed E-state index contributed by atoms with van der Waals surface area (Å²) in [5.41, 5.74) is 1.51.